The zero-order valence-corrected chi connectivity index (χ0v) is 20.3. The summed E-state index contributed by atoms with van der Waals surface area (Å²) >= 11 is 1.23. The zero-order chi connectivity index (χ0) is 14.7. The van der Waals surface area contributed by atoms with Gasteiger partial charge in [0.15, 0.2) is 5.91 Å². The third kappa shape index (κ3) is 5.66. The smallest absolute Gasteiger partial charge is 0.457 e. The number of hydrogen-bond acceptors (Lipinski definition) is 5. The number of ether oxygens (including phenoxy) is 1. The fraction of sp³-hybridized carbons (Fsp3) is 0.143. The van der Waals surface area contributed by atoms with Crippen LogP contribution in [0, 0.1) is 7.43 Å². The Morgan fingerprint density at radius 2 is 2.14 bits per heavy atom. The standard InChI is InChI=1S/C13H12FO4PS.CH3.Cs/c1-2-5-18-13(15)11-7-9-6-8(12(14)19(16)17)3-4-10(9)20-11;;/h2-4,6-7,12,16-17H,1,5H2;1H3;/q;-1;+1. The number of benzene rings is 1. The van der Waals surface area contributed by atoms with Gasteiger partial charge < -0.3 is 22.0 Å². The molecule has 0 saturated heterocycles. The Kier molecular flexibility index (Phi) is 10.9. The number of hydrogen-bond donors (Lipinski definition) is 2. The minimum Gasteiger partial charge on any atom is -0.457 e. The second-order valence-electron chi connectivity index (χ2n) is 3.95. The maximum Gasteiger partial charge on any atom is 1.00 e. The molecule has 0 amide bonds. The molecule has 0 spiro atoms. The van der Waals surface area contributed by atoms with E-state index in [0.717, 1.165) is 4.70 Å². The van der Waals surface area contributed by atoms with Crippen LogP contribution in [0.5, 0.6) is 0 Å². The van der Waals surface area contributed by atoms with E-state index in [2.05, 4.69) is 6.58 Å². The summed E-state index contributed by atoms with van der Waals surface area (Å²) in [5.41, 5.74) is 0.178. The van der Waals surface area contributed by atoms with Crippen LogP contribution >= 0.6 is 19.7 Å². The SMILES string of the molecule is C=CCOC(=O)c1cc2cc(C(F)P(O)O)ccc2s1.[CH3-].[Cs+]. The van der Waals surface area contributed by atoms with Crippen LogP contribution in [-0.4, -0.2) is 22.4 Å². The molecule has 4 nitrogen and oxygen atoms in total. The number of fused-ring (bicyclic) bond motifs is 1. The molecule has 0 aliphatic rings. The molecule has 8 heteroatoms. The monoisotopic (exact) mass is 462 g/mol. The van der Waals surface area contributed by atoms with Crippen LogP contribution in [0.4, 0.5) is 4.39 Å². The van der Waals surface area contributed by atoms with E-state index in [-0.39, 0.29) is 88.5 Å². The van der Waals surface area contributed by atoms with Crippen LogP contribution in [0.25, 0.3) is 10.1 Å². The van der Waals surface area contributed by atoms with Crippen molar-refractivity contribution >= 4 is 35.8 Å². The molecule has 0 aliphatic carbocycles. The van der Waals surface area contributed by atoms with Crippen molar-refractivity contribution in [1.82, 2.24) is 0 Å². The fourth-order valence-electron chi connectivity index (χ4n) is 1.65. The predicted octanol–water partition coefficient (Wildman–Crippen LogP) is 0.963. The largest absolute Gasteiger partial charge is 1.00 e. The van der Waals surface area contributed by atoms with Gasteiger partial charge in [-0.15, -0.1) is 11.3 Å². The van der Waals surface area contributed by atoms with Crippen LogP contribution in [0.2, 0.25) is 0 Å². The normalized spacial score (nSPS) is 11.5. The molecule has 114 valence electrons. The van der Waals surface area contributed by atoms with Crippen molar-refractivity contribution in [3.05, 3.63) is 54.8 Å². The average molecular weight is 462 g/mol. The first-order valence-corrected chi connectivity index (χ1v) is 7.79. The molecule has 2 aromatic rings. The van der Waals surface area contributed by atoms with Crippen LogP contribution in [0.1, 0.15) is 21.1 Å². The van der Waals surface area contributed by atoms with Crippen LogP contribution in [0.3, 0.4) is 0 Å². The van der Waals surface area contributed by atoms with Crippen molar-refractivity contribution in [3.8, 4) is 0 Å². The summed E-state index contributed by atoms with van der Waals surface area (Å²) < 4.78 is 19.3. The van der Waals surface area contributed by atoms with Crippen molar-refractivity contribution in [2.75, 3.05) is 6.61 Å². The number of halogens is 1. The summed E-state index contributed by atoms with van der Waals surface area (Å²) in [6, 6.07) is 6.22. The van der Waals surface area contributed by atoms with E-state index in [1.807, 2.05) is 0 Å². The Bertz CT molecular complexity index is 647. The molecule has 2 rings (SSSR count). The number of carbonyl (C=O) groups excluding carboxylic acids is 1. The van der Waals surface area contributed by atoms with E-state index in [1.54, 1.807) is 12.1 Å². The van der Waals surface area contributed by atoms with Gasteiger partial charge in [0, 0.05) is 4.70 Å². The van der Waals surface area contributed by atoms with Gasteiger partial charge in [0.25, 0.3) is 0 Å². The summed E-state index contributed by atoms with van der Waals surface area (Å²) in [6.45, 7) is 3.58. The van der Waals surface area contributed by atoms with Crippen LogP contribution < -0.4 is 68.9 Å². The number of thiophene rings is 1. The van der Waals surface area contributed by atoms with Crippen molar-refractivity contribution in [2.45, 2.75) is 5.91 Å². The molecule has 22 heavy (non-hydrogen) atoms. The molecule has 2 N–H and O–H groups in total. The van der Waals surface area contributed by atoms with Gasteiger partial charge in [-0.2, -0.15) is 0 Å². The minimum atomic E-state index is -2.67. The van der Waals surface area contributed by atoms with E-state index in [4.69, 9.17) is 14.5 Å². The number of rotatable bonds is 5. The molecule has 1 heterocycles. The predicted molar refractivity (Wildman–Crippen MR) is 83.9 cm³/mol. The second-order valence-corrected chi connectivity index (χ2v) is 6.13. The first kappa shape index (κ1) is 22.7. The van der Waals surface area contributed by atoms with Gasteiger partial charge in [-0.1, -0.05) is 18.7 Å². The Morgan fingerprint density at radius 1 is 1.45 bits per heavy atom. The van der Waals surface area contributed by atoms with Crippen molar-refractivity contribution in [3.63, 3.8) is 0 Å². The maximum absolute atomic E-state index is 13.5. The Hall–Kier alpha value is 0.722. The van der Waals surface area contributed by atoms with Crippen molar-refractivity contribution in [1.29, 1.82) is 0 Å². The molecule has 0 bridgehead atoms. The Labute approximate surface area is 192 Å². The molecule has 1 aromatic heterocycles. The van der Waals surface area contributed by atoms with Gasteiger partial charge in [-0.05, 0) is 29.1 Å². The molecule has 1 aromatic carbocycles. The average Bonchev–Trinajstić information content (AvgIpc) is 2.86. The summed E-state index contributed by atoms with van der Waals surface area (Å²) in [6.07, 6.45) is 1.47. The molecular formula is C14H15CsFO4PS. The van der Waals surface area contributed by atoms with Crippen LogP contribution in [0.15, 0.2) is 36.9 Å². The zero-order valence-electron chi connectivity index (χ0n) is 12.3. The summed E-state index contributed by atoms with van der Waals surface area (Å²) in [4.78, 5) is 29.9. The van der Waals surface area contributed by atoms with Crippen molar-refractivity contribution < 1.29 is 92.6 Å². The molecule has 1 unspecified atom stereocenters. The molecular weight excluding hydrogens is 447 g/mol. The first-order chi connectivity index (χ1) is 9.52. The topological polar surface area (TPSA) is 66.8 Å². The molecule has 0 fully saturated rings. The van der Waals surface area contributed by atoms with Gasteiger partial charge in [-0.3, -0.25) is 0 Å². The number of alkyl halides is 1. The summed E-state index contributed by atoms with van der Waals surface area (Å²) in [5.74, 6) is -2.28. The molecule has 1 atom stereocenters. The van der Waals surface area contributed by atoms with Gasteiger partial charge in [0.1, 0.15) is 11.5 Å². The van der Waals surface area contributed by atoms with Crippen molar-refractivity contribution in [2.24, 2.45) is 0 Å². The Balaban J connectivity index is 0.00000220. The Morgan fingerprint density at radius 3 is 2.73 bits per heavy atom. The third-order valence-electron chi connectivity index (χ3n) is 2.55. The summed E-state index contributed by atoms with van der Waals surface area (Å²) in [5, 5.41) is 0.664. The molecule has 0 aliphatic heterocycles. The molecule has 0 radical (unpaired) electrons. The fourth-order valence-corrected chi connectivity index (χ4v) is 3.01. The van der Waals surface area contributed by atoms with E-state index in [1.165, 1.54) is 29.5 Å². The first-order valence-electron chi connectivity index (χ1n) is 5.65. The van der Waals surface area contributed by atoms with Gasteiger partial charge in [0.2, 0.25) is 8.38 Å². The third-order valence-corrected chi connectivity index (χ3v) is 4.35. The quantitative estimate of drug-likeness (QED) is 0.301. The van der Waals surface area contributed by atoms with E-state index in [9.17, 15) is 9.18 Å². The number of esters is 1. The van der Waals surface area contributed by atoms with Gasteiger partial charge in [0.05, 0.1) is 0 Å². The maximum atomic E-state index is 13.5. The van der Waals surface area contributed by atoms with Gasteiger partial charge in [-0.25, -0.2) is 9.18 Å². The van der Waals surface area contributed by atoms with E-state index < -0.39 is 20.3 Å². The van der Waals surface area contributed by atoms with E-state index >= 15 is 0 Å². The number of carbonyl (C=O) groups is 1. The van der Waals surface area contributed by atoms with E-state index in [0.29, 0.717) is 10.3 Å². The van der Waals surface area contributed by atoms with Gasteiger partial charge >= 0.3 is 74.9 Å². The summed E-state index contributed by atoms with van der Waals surface area (Å²) in [7, 11) is -2.67. The second kappa shape index (κ2) is 10.6. The van der Waals surface area contributed by atoms with Crippen LogP contribution in [-0.2, 0) is 4.74 Å². The minimum absolute atomic E-state index is 0. The molecule has 0 saturated carbocycles.